The van der Waals surface area contributed by atoms with Crippen LogP contribution < -0.4 is 15.4 Å². The highest BCUT2D eigenvalue weighted by atomic mass is 19.3. The minimum atomic E-state index is -2.49. The maximum Gasteiger partial charge on any atom is 0.272 e. The molecule has 22 heavy (non-hydrogen) atoms. The molecular weight excluding hydrogens is 290 g/mol. The normalized spacial score (nSPS) is 17.7. The van der Waals surface area contributed by atoms with Gasteiger partial charge in [-0.05, 0) is 49.5 Å². The van der Waals surface area contributed by atoms with E-state index in [1.807, 2.05) is 6.07 Å². The van der Waals surface area contributed by atoms with E-state index in [1.54, 1.807) is 18.2 Å². The van der Waals surface area contributed by atoms with Crippen molar-refractivity contribution in [3.63, 3.8) is 0 Å². The van der Waals surface area contributed by atoms with E-state index in [-0.39, 0.29) is 5.91 Å². The van der Waals surface area contributed by atoms with Gasteiger partial charge in [-0.3, -0.25) is 4.79 Å². The van der Waals surface area contributed by atoms with Crippen molar-refractivity contribution in [3.8, 4) is 5.75 Å². The predicted molar refractivity (Wildman–Crippen MR) is 80.0 cm³/mol. The van der Waals surface area contributed by atoms with Crippen LogP contribution in [0.4, 0.5) is 8.78 Å². The number of alkyl halides is 2. The van der Waals surface area contributed by atoms with E-state index in [0.29, 0.717) is 24.6 Å². The van der Waals surface area contributed by atoms with Crippen LogP contribution >= 0.6 is 0 Å². The van der Waals surface area contributed by atoms with Crippen LogP contribution in [-0.4, -0.2) is 32.0 Å². The molecule has 0 radical (unpaired) electrons. The molecule has 1 unspecified atom stereocenters. The van der Waals surface area contributed by atoms with Gasteiger partial charge in [0.1, 0.15) is 12.4 Å². The summed E-state index contributed by atoms with van der Waals surface area (Å²) < 4.78 is 29.2. The average Bonchev–Trinajstić information content (AvgIpc) is 3.03. The summed E-state index contributed by atoms with van der Waals surface area (Å²) >= 11 is 0. The van der Waals surface area contributed by atoms with Crippen molar-refractivity contribution < 1.29 is 18.3 Å². The first-order chi connectivity index (χ1) is 10.6. The Bertz CT molecular complexity index is 477. The molecule has 122 valence electrons. The fourth-order valence-electron chi connectivity index (χ4n) is 2.49. The van der Waals surface area contributed by atoms with Crippen LogP contribution in [0.15, 0.2) is 24.3 Å². The van der Waals surface area contributed by atoms with Crippen LogP contribution in [0.5, 0.6) is 5.75 Å². The summed E-state index contributed by atoms with van der Waals surface area (Å²) in [4.78, 5) is 11.8. The Labute approximate surface area is 129 Å². The van der Waals surface area contributed by atoms with E-state index < -0.39 is 13.0 Å². The number of halogens is 2. The van der Waals surface area contributed by atoms with Gasteiger partial charge in [-0.25, -0.2) is 8.78 Å². The van der Waals surface area contributed by atoms with Crippen LogP contribution in [0, 0.1) is 5.92 Å². The van der Waals surface area contributed by atoms with Crippen LogP contribution in [-0.2, 0) is 11.3 Å². The van der Waals surface area contributed by atoms with Gasteiger partial charge in [-0.15, -0.1) is 0 Å². The first kappa shape index (κ1) is 16.7. The molecule has 2 rings (SSSR count). The fourth-order valence-corrected chi connectivity index (χ4v) is 2.49. The molecular formula is C16H22F2N2O2. The zero-order chi connectivity index (χ0) is 15.8. The van der Waals surface area contributed by atoms with Gasteiger partial charge in [-0.1, -0.05) is 12.1 Å². The molecule has 1 saturated heterocycles. The van der Waals surface area contributed by atoms with Crippen molar-refractivity contribution in [3.05, 3.63) is 29.8 Å². The molecule has 1 heterocycles. The number of benzene rings is 1. The third-order valence-corrected chi connectivity index (χ3v) is 3.71. The maximum atomic E-state index is 12.1. The molecule has 0 spiro atoms. The highest BCUT2D eigenvalue weighted by Crippen LogP contribution is 2.15. The van der Waals surface area contributed by atoms with Crippen molar-refractivity contribution in [2.45, 2.75) is 32.2 Å². The van der Waals surface area contributed by atoms with E-state index in [0.717, 1.165) is 31.5 Å². The molecule has 0 bridgehead atoms. The SMILES string of the molecule is O=C(CCC1CCNC1)NCc1cccc(OCC(F)F)c1. The number of hydrogen-bond donors (Lipinski definition) is 2. The summed E-state index contributed by atoms with van der Waals surface area (Å²) in [5, 5.41) is 6.13. The zero-order valence-corrected chi connectivity index (χ0v) is 12.5. The number of rotatable bonds is 8. The van der Waals surface area contributed by atoms with Gasteiger partial charge < -0.3 is 15.4 Å². The Balaban J connectivity index is 1.71. The maximum absolute atomic E-state index is 12.1. The Morgan fingerprint density at radius 2 is 2.32 bits per heavy atom. The lowest BCUT2D eigenvalue weighted by molar-refractivity contribution is -0.121. The minimum absolute atomic E-state index is 0.0193. The van der Waals surface area contributed by atoms with Gasteiger partial charge >= 0.3 is 0 Å². The highest BCUT2D eigenvalue weighted by molar-refractivity contribution is 5.75. The second-order valence-corrected chi connectivity index (χ2v) is 5.52. The smallest absolute Gasteiger partial charge is 0.272 e. The van der Waals surface area contributed by atoms with Crippen molar-refractivity contribution >= 4 is 5.91 Å². The number of carbonyl (C=O) groups excluding carboxylic acids is 1. The van der Waals surface area contributed by atoms with Crippen molar-refractivity contribution in [1.82, 2.24) is 10.6 Å². The lowest BCUT2D eigenvalue weighted by Crippen LogP contribution is -2.23. The Morgan fingerprint density at radius 3 is 3.05 bits per heavy atom. The van der Waals surface area contributed by atoms with E-state index >= 15 is 0 Å². The number of ether oxygens (including phenoxy) is 1. The number of nitrogens with one attached hydrogen (secondary N) is 2. The Morgan fingerprint density at radius 1 is 1.45 bits per heavy atom. The van der Waals surface area contributed by atoms with Gasteiger partial charge in [-0.2, -0.15) is 0 Å². The van der Waals surface area contributed by atoms with Crippen molar-refractivity contribution in [2.24, 2.45) is 5.92 Å². The number of amides is 1. The molecule has 0 aromatic heterocycles. The standard InChI is InChI=1S/C16H22F2N2O2/c17-15(18)11-22-14-3-1-2-13(8-14)10-20-16(21)5-4-12-6-7-19-9-12/h1-3,8,12,15,19H,4-7,9-11H2,(H,20,21). The van der Waals surface area contributed by atoms with Crippen LogP contribution in [0.2, 0.25) is 0 Å². The topological polar surface area (TPSA) is 50.4 Å². The van der Waals surface area contributed by atoms with Crippen molar-refractivity contribution in [2.75, 3.05) is 19.7 Å². The summed E-state index contributed by atoms with van der Waals surface area (Å²) in [5.41, 5.74) is 0.836. The first-order valence-electron chi connectivity index (χ1n) is 7.61. The van der Waals surface area contributed by atoms with Gasteiger partial charge in [0.15, 0.2) is 0 Å². The van der Waals surface area contributed by atoms with E-state index in [2.05, 4.69) is 10.6 Å². The molecule has 1 aromatic carbocycles. The average molecular weight is 312 g/mol. The summed E-state index contributed by atoms with van der Waals surface area (Å²) in [6.45, 7) is 1.80. The molecule has 1 aromatic rings. The minimum Gasteiger partial charge on any atom is -0.488 e. The molecule has 0 saturated carbocycles. The fraction of sp³-hybridized carbons (Fsp3) is 0.562. The summed E-state index contributed by atoms with van der Waals surface area (Å²) in [6.07, 6.45) is 0.0645. The van der Waals surface area contributed by atoms with Crippen LogP contribution in [0.1, 0.15) is 24.8 Å². The highest BCUT2D eigenvalue weighted by Gasteiger charge is 2.15. The van der Waals surface area contributed by atoms with Gasteiger partial charge in [0.2, 0.25) is 5.91 Å². The predicted octanol–water partition coefficient (Wildman–Crippen LogP) is 2.34. The van der Waals surface area contributed by atoms with E-state index in [4.69, 9.17) is 4.74 Å². The van der Waals surface area contributed by atoms with Gasteiger partial charge in [0, 0.05) is 13.0 Å². The molecule has 1 amide bonds. The molecule has 0 aliphatic carbocycles. The van der Waals surface area contributed by atoms with Crippen molar-refractivity contribution in [1.29, 1.82) is 0 Å². The number of hydrogen-bond acceptors (Lipinski definition) is 3. The van der Waals surface area contributed by atoms with E-state index in [1.165, 1.54) is 0 Å². The molecule has 4 nitrogen and oxygen atoms in total. The quantitative estimate of drug-likeness (QED) is 0.774. The zero-order valence-electron chi connectivity index (χ0n) is 12.5. The molecule has 1 aliphatic rings. The largest absolute Gasteiger partial charge is 0.488 e. The van der Waals surface area contributed by atoms with Gasteiger partial charge in [0.05, 0.1) is 0 Å². The Kier molecular flexibility index (Phi) is 6.58. The monoisotopic (exact) mass is 312 g/mol. The first-order valence-corrected chi connectivity index (χ1v) is 7.61. The lowest BCUT2D eigenvalue weighted by atomic mass is 10.0. The molecule has 6 heteroatoms. The second-order valence-electron chi connectivity index (χ2n) is 5.52. The summed E-state index contributed by atoms with van der Waals surface area (Å²) in [5.74, 6) is 1.01. The Hall–Kier alpha value is -1.69. The summed E-state index contributed by atoms with van der Waals surface area (Å²) in [6, 6.07) is 6.85. The third kappa shape index (κ3) is 5.97. The molecule has 1 atom stereocenters. The molecule has 2 N–H and O–H groups in total. The van der Waals surface area contributed by atoms with Crippen LogP contribution in [0.25, 0.3) is 0 Å². The molecule has 1 aliphatic heterocycles. The van der Waals surface area contributed by atoms with Gasteiger partial charge in [0.25, 0.3) is 6.43 Å². The van der Waals surface area contributed by atoms with Crippen LogP contribution in [0.3, 0.4) is 0 Å². The second kappa shape index (κ2) is 8.68. The summed E-state index contributed by atoms with van der Waals surface area (Å²) in [7, 11) is 0. The van der Waals surface area contributed by atoms with E-state index in [9.17, 15) is 13.6 Å². The lowest BCUT2D eigenvalue weighted by Gasteiger charge is -2.10. The number of carbonyl (C=O) groups is 1. The molecule has 1 fully saturated rings. The third-order valence-electron chi connectivity index (χ3n) is 3.71.